The lowest BCUT2D eigenvalue weighted by Crippen LogP contribution is -2.26. The first-order chi connectivity index (χ1) is 15.6. The van der Waals surface area contributed by atoms with Gasteiger partial charge in [-0.05, 0) is 42.3 Å². The number of nitrogens with zero attached hydrogens (tertiary/aromatic N) is 3. The largest absolute Gasteiger partial charge is 0.435 e. The first kappa shape index (κ1) is 24.6. The third-order valence-electron chi connectivity index (χ3n) is 5.13. The second-order valence-corrected chi connectivity index (χ2v) is 9.21. The first-order valence-corrected chi connectivity index (χ1v) is 11.9. The Morgan fingerprint density at radius 3 is 2.52 bits per heavy atom. The van der Waals surface area contributed by atoms with Gasteiger partial charge >= 0.3 is 6.61 Å². The van der Waals surface area contributed by atoms with Crippen LogP contribution in [0.2, 0.25) is 0 Å². The molecular weight excluding hydrogens is 454 g/mol. The topological polar surface area (TPSA) is 108 Å². The monoisotopic (exact) mass is 480 g/mol. The van der Waals surface area contributed by atoms with Crippen molar-refractivity contribution in [1.29, 1.82) is 0 Å². The number of alkyl halides is 2. The van der Waals surface area contributed by atoms with Crippen LogP contribution in [-0.2, 0) is 34.3 Å². The number of hydrogen-bond acceptors (Lipinski definition) is 5. The van der Waals surface area contributed by atoms with Crippen LogP contribution >= 0.6 is 0 Å². The number of halogens is 2. The molecule has 1 heterocycles. The highest BCUT2D eigenvalue weighted by atomic mass is 32.2. The van der Waals surface area contributed by atoms with Gasteiger partial charge in [-0.3, -0.25) is 4.79 Å². The van der Waals surface area contributed by atoms with E-state index in [1.807, 2.05) is 11.5 Å². The maximum atomic E-state index is 12.7. The zero-order valence-corrected chi connectivity index (χ0v) is 19.2. The molecule has 3 aromatic rings. The summed E-state index contributed by atoms with van der Waals surface area (Å²) in [7, 11) is -2.17. The number of sulfonamides is 1. The van der Waals surface area contributed by atoms with Crippen molar-refractivity contribution in [2.24, 2.45) is 5.14 Å². The van der Waals surface area contributed by atoms with Gasteiger partial charge in [-0.25, -0.2) is 18.5 Å². The number of carbonyl (C=O) groups excluding carboxylic acids is 1. The normalized spacial score (nSPS) is 11.8. The molecule has 0 atom stereocenters. The maximum Gasteiger partial charge on any atom is 0.387 e. The van der Waals surface area contributed by atoms with Crippen molar-refractivity contribution in [2.45, 2.75) is 50.8 Å². The van der Waals surface area contributed by atoms with Gasteiger partial charge in [-0.1, -0.05) is 19.1 Å². The Kier molecular flexibility index (Phi) is 7.65. The van der Waals surface area contributed by atoms with Crippen molar-refractivity contribution in [3.8, 4) is 5.75 Å². The third-order valence-corrected chi connectivity index (χ3v) is 6.04. The average molecular weight is 481 g/mol. The van der Waals surface area contributed by atoms with Crippen LogP contribution < -0.4 is 9.88 Å². The fourth-order valence-corrected chi connectivity index (χ4v) is 4.08. The Morgan fingerprint density at radius 1 is 1.21 bits per heavy atom. The summed E-state index contributed by atoms with van der Waals surface area (Å²) >= 11 is 0. The first-order valence-electron chi connectivity index (χ1n) is 10.4. The molecule has 11 heteroatoms. The Bertz CT molecular complexity index is 1230. The summed E-state index contributed by atoms with van der Waals surface area (Å²) in [5, 5.41) is 5.22. The molecule has 0 aliphatic carbocycles. The number of rotatable bonds is 10. The van der Waals surface area contributed by atoms with Gasteiger partial charge in [0.25, 0.3) is 0 Å². The van der Waals surface area contributed by atoms with E-state index in [0.29, 0.717) is 30.9 Å². The van der Waals surface area contributed by atoms with Gasteiger partial charge in [-0.2, -0.15) is 8.78 Å². The van der Waals surface area contributed by atoms with Gasteiger partial charge in [-0.15, -0.1) is 0 Å². The van der Waals surface area contributed by atoms with Gasteiger partial charge in [0.15, 0.2) is 0 Å². The van der Waals surface area contributed by atoms with E-state index in [2.05, 4.69) is 9.72 Å². The maximum absolute atomic E-state index is 12.7. The zero-order chi connectivity index (χ0) is 24.2. The fraction of sp³-hybridized carbons (Fsp3) is 0.364. The van der Waals surface area contributed by atoms with E-state index in [4.69, 9.17) is 5.14 Å². The Balaban J connectivity index is 1.69. The van der Waals surface area contributed by atoms with Crippen LogP contribution in [0.1, 0.15) is 31.2 Å². The molecular formula is C22H26F2N4O4S. The Labute approximate surface area is 191 Å². The van der Waals surface area contributed by atoms with Crippen LogP contribution in [0.5, 0.6) is 5.75 Å². The van der Waals surface area contributed by atoms with E-state index >= 15 is 0 Å². The number of benzene rings is 2. The summed E-state index contributed by atoms with van der Waals surface area (Å²) in [5.74, 6) is 0.639. The van der Waals surface area contributed by atoms with Crippen molar-refractivity contribution in [1.82, 2.24) is 14.5 Å². The highest BCUT2D eigenvalue weighted by molar-refractivity contribution is 7.89. The smallest absolute Gasteiger partial charge is 0.387 e. The van der Waals surface area contributed by atoms with Crippen molar-refractivity contribution < 1.29 is 26.7 Å². The lowest BCUT2D eigenvalue weighted by molar-refractivity contribution is -0.130. The summed E-state index contributed by atoms with van der Waals surface area (Å²) in [6.07, 6.45) is 1.43. The molecule has 0 saturated heterocycles. The van der Waals surface area contributed by atoms with Crippen molar-refractivity contribution in [3.63, 3.8) is 0 Å². The highest BCUT2D eigenvalue weighted by Crippen LogP contribution is 2.22. The molecule has 1 amide bonds. The zero-order valence-electron chi connectivity index (χ0n) is 18.4. The molecule has 33 heavy (non-hydrogen) atoms. The number of aromatic nitrogens is 2. The van der Waals surface area contributed by atoms with Crippen LogP contribution in [0.4, 0.5) is 8.78 Å². The third kappa shape index (κ3) is 6.26. The predicted molar refractivity (Wildman–Crippen MR) is 119 cm³/mol. The minimum absolute atomic E-state index is 0.0107. The van der Waals surface area contributed by atoms with Gasteiger partial charge in [0.05, 0.1) is 15.9 Å². The Morgan fingerprint density at radius 2 is 1.91 bits per heavy atom. The summed E-state index contributed by atoms with van der Waals surface area (Å²) in [6, 6.07) is 10.7. The molecule has 2 N–H and O–H groups in total. The minimum Gasteiger partial charge on any atom is -0.435 e. The van der Waals surface area contributed by atoms with Crippen LogP contribution in [-0.4, -0.2) is 42.4 Å². The number of primary sulfonamides is 1. The van der Waals surface area contributed by atoms with E-state index in [9.17, 15) is 22.0 Å². The molecule has 0 spiro atoms. The van der Waals surface area contributed by atoms with Crippen LogP contribution in [0, 0.1) is 0 Å². The SMILES string of the molecule is CCCn1c(CCC(=O)N(C)Cc2ccc(OC(F)F)cc2)nc2cc(S(N)(=O)=O)ccc21. The van der Waals surface area contributed by atoms with E-state index in [1.54, 1.807) is 30.1 Å². The summed E-state index contributed by atoms with van der Waals surface area (Å²) in [5.41, 5.74) is 2.07. The number of ether oxygens (including phenoxy) is 1. The number of carbonyl (C=O) groups is 1. The number of amides is 1. The van der Waals surface area contributed by atoms with Crippen molar-refractivity contribution in [3.05, 3.63) is 53.9 Å². The standard InChI is InChI=1S/C22H26F2N4O4S/c1-3-12-28-19-9-8-17(33(25,30)31)13-18(19)26-20(28)10-11-21(29)27(2)14-15-4-6-16(7-5-15)32-22(23)24/h4-9,13,22H,3,10-12,14H2,1-2H3,(H2,25,30,31). The van der Waals surface area contributed by atoms with E-state index < -0.39 is 16.6 Å². The van der Waals surface area contributed by atoms with E-state index in [0.717, 1.165) is 17.5 Å². The Hall–Kier alpha value is -3.05. The highest BCUT2D eigenvalue weighted by Gasteiger charge is 2.17. The van der Waals surface area contributed by atoms with Gasteiger partial charge in [0.2, 0.25) is 15.9 Å². The number of imidazole rings is 1. The quantitative estimate of drug-likeness (QED) is 0.479. The number of aryl methyl sites for hydroxylation is 2. The van der Waals surface area contributed by atoms with Gasteiger partial charge in [0.1, 0.15) is 11.6 Å². The average Bonchev–Trinajstić information content (AvgIpc) is 3.09. The molecule has 0 radical (unpaired) electrons. The van der Waals surface area contributed by atoms with Crippen LogP contribution in [0.25, 0.3) is 11.0 Å². The molecule has 8 nitrogen and oxygen atoms in total. The minimum atomic E-state index is -3.84. The van der Waals surface area contributed by atoms with Crippen molar-refractivity contribution >= 4 is 27.0 Å². The molecule has 0 unspecified atom stereocenters. The molecule has 0 aliphatic heterocycles. The van der Waals surface area contributed by atoms with Crippen LogP contribution in [0.3, 0.4) is 0 Å². The lowest BCUT2D eigenvalue weighted by Gasteiger charge is -2.18. The molecule has 2 aromatic carbocycles. The number of nitrogens with two attached hydrogens (primary N) is 1. The fourth-order valence-electron chi connectivity index (χ4n) is 3.55. The number of fused-ring (bicyclic) bond motifs is 1. The second-order valence-electron chi connectivity index (χ2n) is 7.65. The molecule has 0 saturated carbocycles. The van der Waals surface area contributed by atoms with E-state index in [1.165, 1.54) is 24.3 Å². The molecule has 0 aliphatic rings. The number of hydrogen-bond donors (Lipinski definition) is 1. The molecule has 178 valence electrons. The second kappa shape index (κ2) is 10.3. The van der Waals surface area contributed by atoms with Crippen LogP contribution in [0.15, 0.2) is 47.4 Å². The van der Waals surface area contributed by atoms with E-state index in [-0.39, 0.29) is 23.0 Å². The molecule has 3 rings (SSSR count). The molecule has 0 fully saturated rings. The molecule has 0 bridgehead atoms. The van der Waals surface area contributed by atoms with Crippen molar-refractivity contribution in [2.75, 3.05) is 7.05 Å². The summed E-state index contributed by atoms with van der Waals surface area (Å²) in [6.45, 7) is 0.127. The predicted octanol–water partition coefficient (Wildman–Crippen LogP) is 3.29. The summed E-state index contributed by atoms with van der Waals surface area (Å²) < 4.78 is 54.1. The van der Waals surface area contributed by atoms with Gasteiger partial charge in [0, 0.05) is 33.0 Å². The summed E-state index contributed by atoms with van der Waals surface area (Å²) in [4.78, 5) is 18.8. The molecule has 1 aromatic heterocycles. The lowest BCUT2D eigenvalue weighted by atomic mass is 10.2. The van der Waals surface area contributed by atoms with Gasteiger partial charge < -0.3 is 14.2 Å².